The van der Waals surface area contributed by atoms with Crippen LogP contribution in [0.2, 0.25) is 0 Å². The number of anilines is 1. The summed E-state index contributed by atoms with van der Waals surface area (Å²) in [5, 5.41) is 13.7. The molecule has 0 radical (unpaired) electrons. The molecule has 0 bridgehead atoms. The fourth-order valence-electron chi connectivity index (χ4n) is 3.57. The second kappa shape index (κ2) is 8.23. The lowest BCUT2D eigenvalue weighted by Gasteiger charge is -2.18. The van der Waals surface area contributed by atoms with Crippen LogP contribution in [-0.4, -0.2) is 33.1 Å². The van der Waals surface area contributed by atoms with E-state index in [-0.39, 0.29) is 34.5 Å². The van der Waals surface area contributed by atoms with Crippen molar-refractivity contribution in [1.82, 2.24) is 4.98 Å². The Morgan fingerprint density at radius 1 is 0.970 bits per heavy atom. The highest BCUT2D eigenvalue weighted by Gasteiger charge is 2.29. The van der Waals surface area contributed by atoms with E-state index in [0.29, 0.717) is 36.9 Å². The first-order chi connectivity index (χ1) is 15.9. The molecule has 0 aliphatic heterocycles. The number of carbonyl (C=O) groups is 3. The SMILES string of the molecule is O=C(CSc1nc2ccc([N+](=O)[O-])cc2s1)Nc1ccc2c(c1)C(=O)c1ccccc1C2=O. The second-order valence-corrected chi connectivity index (χ2v) is 9.44. The Balaban J connectivity index is 1.29. The molecule has 0 unspecified atom stereocenters. The van der Waals surface area contributed by atoms with Crippen molar-refractivity contribution in [2.75, 3.05) is 11.1 Å². The molecule has 33 heavy (non-hydrogen) atoms. The molecule has 4 aromatic rings. The van der Waals surface area contributed by atoms with Crippen LogP contribution in [0.3, 0.4) is 0 Å². The molecule has 0 fully saturated rings. The van der Waals surface area contributed by atoms with Gasteiger partial charge in [0.1, 0.15) is 0 Å². The largest absolute Gasteiger partial charge is 0.325 e. The lowest BCUT2D eigenvalue weighted by Crippen LogP contribution is -2.21. The monoisotopic (exact) mass is 475 g/mol. The van der Waals surface area contributed by atoms with Crippen molar-refractivity contribution in [2.45, 2.75) is 4.34 Å². The number of benzene rings is 3. The highest BCUT2D eigenvalue weighted by Crippen LogP contribution is 2.32. The van der Waals surface area contributed by atoms with Gasteiger partial charge in [0.25, 0.3) is 5.69 Å². The van der Waals surface area contributed by atoms with Crippen molar-refractivity contribution in [1.29, 1.82) is 0 Å². The fourth-order valence-corrected chi connectivity index (χ4v) is 5.47. The molecule has 1 aliphatic carbocycles. The topological polar surface area (TPSA) is 119 Å². The van der Waals surface area contributed by atoms with Crippen molar-refractivity contribution in [3.05, 3.63) is 93.0 Å². The maximum atomic E-state index is 12.8. The minimum Gasteiger partial charge on any atom is -0.325 e. The second-order valence-electron chi connectivity index (χ2n) is 7.19. The van der Waals surface area contributed by atoms with Gasteiger partial charge in [-0.25, -0.2) is 4.98 Å². The molecule has 0 saturated carbocycles. The quantitative estimate of drug-likeness (QED) is 0.222. The van der Waals surface area contributed by atoms with E-state index in [0.717, 1.165) is 0 Å². The van der Waals surface area contributed by atoms with Gasteiger partial charge in [0, 0.05) is 40.1 Å². The normalized spacial score (nSPS) is 12.4. The smallest absolute Gasteiger partial charge is 0.270 e. The van der Waals surface area contributed by atoms with Gasteiger partial charge in [-0.1, -0.05) is 36.0 Å². The lowest BCUT2D eigenvalue weighted by molar-refractivity contribution is -0.384. The number of nitrogens with one attached hydrogen (secondary N) is 1. The lowest BCUT2D eigenvalue weighted by atomic mass is 9.84. The van der Waals surface area contributed by atoms with E-state index in [4.69, 9.17) is 0 Å². The number of nitrogens with zero attached hydrogens (tertiary/aromatic N) is 2. The minimum atomic E-state index is -0.463. The molecule has 162 valence electrons. The van der Waals surface area contributed by atoms with E-state index in [1.165, 1.54) is 41.3 Å². The first-order valence-corrected chi connectivity index (χ1v) is 11.5. The Labute approximate surface area is 194 Å². The number of nitro benzene ring substituents is 1. The molecule has 0 saturated heterocycles. The molecule has 1 aliphatic rings. The first kappa shape index (κ1) is 21.0. The Bertz CT molecular complexity index is 1490. The summed E-state index contributed by atoms with van der Waals surface area (Å²) in [5.41, 5.74) is 2.34. The number of aromatic nitrogens is 1. The highest BCUT2D eigenvalue weighted by molar-refractivity contribution is 8.01. The van der Waals surface area contributed by atoms with E-state index < -0.39 is 4.92 Å². The number of hydrogen-bond acceptors (Lipinski definition) is 8. The zero-order valence-electron chi connectivity index (χ0n) is 16.7. The van der Waals surface area contributed by atoms with E-state index in [1.807, 2.05) is 0 Å². The number of thiazole rings is 1. The summed E-state index contributed by atoms with van der Waals surface area (Å²) in [4.78, 5) is 52.8. The van der Waals surface area contributed by atoms with Crippen LogP contribution in [-0.2, 0) is 4.79 Å². The number of thioether (sulfide) groups is 1. The van der Waals surface area contributed by atoms with E-state index in [9.17, 15) is 24.5 Å². The van der Waals surface area contributed by atoms with Crippen LogP contribution in [0.5, 0.6) is 0 Å². The molecular weight excluding hydrogens is 462 g/mol. The molecule has 10 heteroatoms. The average Bonchev–Trinajstić information content (AvgIpc) is 3.23. The van der Waals surface area contributed by atoms with Crippen LogP contribution >= 0.6 is 23.1 Å². The molecule has 1 N–H and O–H groups in total. The molecule has 0 spiro atoms. The van der Waals surface area contributed by atoms with Crippen LogP contribution in [0.25, 0.3) is 10.2 Å². The van der Waals surface area contributed by atoms with E-state index in [2.05, 4.69) is 10.3 Å². The molecule has 3 aromatic carbocycles. The van der Waals surface area contributed by atoms with Gasteiger partial charge in [0.15, 0.2) is 15.9 Å². The van der Waals surface area contributed by atoms with Gasteiger partial charge in [-0.2, -0.15) is 0 Å². The number of fused-ring (bicyclic) bond motifs is 3. The van der Waals surface area contributed by atoms with Crippen molar-refractivity contribution >= 4 is 62.2 Å². The third-order valence-corrected chi connectivity index (χ3v) is 7.26. The summed E-state index contributed by atoms with van der Waals surface area (Å²) >= 11 is 2.49. The third kappa shape index (κ3) is 3.90. The van der Waals surface area contributed by atoms with Crippen molar-refractivity contribution in [3.8, 4) is 0 Å². The van der Waals surface area contributed by atoms with Crippen LogP contribution in [0, 0.1) is 10.1 Å². The Kier molecular flexibility index (Phi) is 5.23. The van der Waals surface area contributed by atoms with Crippen LogP contribution < -0.4 is 5.32 Å². The Morgan fingerprint density at radius 2 is 1.67 bits per heavy atom. The van der Waals surface area contributed by atoms with Crippen molar-refractivity contribution in [2.24, 2.45) is 0 Å². The predicted octanol–water partition coefficient (Wildman–Crippen LogP) is 4.71. The highest BCUT2D eigenvalue weighted by atomic mass is 32.2. The van der Waals surface area contributed by atoms with Gasteiger partial charge in [-0.05, 0) is 24.3 Å². The standard InChI is InChI=1S/C23H13N3O5S2/c27-20(11-32-23-25-18-8-6-13(26(30)31)10-19(18)33-23)24-12-5-7-16-17(9-12)22(29)15-4-2-1-3-14(15)21(16)28/h1-10H,11H2,(H,24,27). The first-order valence-electron chi connectivity index (χ1n) is 9.71. The predicted molar refractivity (Wildman–Crippen MR) is 125 cm³/mol. The van der Waals surface area contributed by atoms with E-state index >= 15 is 0 Å². The maximum Gasteiger partial charge on any atom is 0.270 e. The molecule has 5 rings (SSSR count). The van der Waals surface area contributed by atoms with Crippen molar-refractivity contribution in [3.63, 3.8) is 0 Å². The molecule has 8 nitrogen and oxygen atoms in total. The fraction of sp³-hybridized carbons (Fsp3) is 0.0435. The number of non-ortho nitro benzene ring substituents is 1. The minimum absolute atomic E-state index is 0.0106. The number of ketones is 2. The summed E-state index contributed by atoms with van der Waals surface area (Å²) in [6, 6.07) is 15.8. The van der Waals surface area contributed by atoms with Crippen LogP contribution in [0.1, 0.15) is 31.8 Å². The number of carbonyl (C=O) groups excluding carboxylic acids is 3. The van der Waals surface area contributed by atoms with Gasteiger partial charge in [0.2, 0.25) is 5.91 Å². The number of nitro groups is 1. The summed E-state index contributed by atoms with van der Waals surface area (Å²) in [6.45, 7) is 0. The molecular formula is C23H13N3O5S2. The van der Waals surface area contributed by atoms with Gasteiger partial charge in [-0.15, -0.1) is 11.3 Å². The van der Waals surface area contributed by atoms with Crippen LogP contribution in [0.4, 0.5) is 11.4 Å². The number of amides is 1. The average molecular weight is 476 g/mol. The third-order valence-electron chi connectivity index (χ3n) is 5.10. The number of hydrogen-bond donors (Lipinski definition) is 1. The summed E-state index contributed by atoms with van der Waals surface area (Å²) in [6.07, 6.45) is 0. The van der Waals surface area contributed by atoms with Gasteiger partial charge in [-0.3, -0.25) is 24.5 Å². The van der Waals surface area contributed by atoms with Gasteiger partial charge >= 0.3 is 0 Å². The zero-order chi connectivity index (χ0) is 23.1. The molecule has 1 heterocycles. The summed E-state index contributed by atoms with van der Waals surface area (Å²) in [7, 11) is 0. The van der Waals surface area contributed by atoms with Crippen molar-refractivity contribution < 1.29 is 19.3 Å². The maximum absolute atomic E-state index is 12.8. The molecule has 1 amide bonds. The molecule has 0 atom stereocenters. The Hall–Kier alpha value is -3.89. The van der Waals surface area contributed by atoms with Gasteiger partial charge in [0.05, 0.1) is 20.9 Å². The summed E-state index contributed by atoms with van der Waals surface area (Å²) in [5.74, 6) is -0.714. The molecule has 1 aromatic heterocycles. The van der Waals surface area contributed by atoms with E-state index in [1.54, 1.807) is 42.5 Å². The Morgan fingerprint density at radius 3 is 2.39 bits per heavy atom. The van der Waals surface area contributed by atoms with Crippen LogP contribution in [0.15, 0.2) is 65.0 Å². The summed E-state index contributed by atoms with van der Waals surface area (Å²) < 4.78 is 1.29. The number of rotatable bonds is 5. The van der Waals surface area contributed by atoms with Gasteiger partial charge < -0.3 is 5.32 Å². The zero-order valence-corrected chi connectivity index (χ0v) is 18.4.